The maximum atomic E-state index is 11.2. The Labute approximate surface area is 76.3 Å². The van der Waals surface area contributed by atoms with Crippen molar-refractivity contribution < 1.29 is 4.79 Å². The van der Waals surface area contributed by atoms with Crippen LogP contribution in [0.3, 0.4) is 0 Å². The number of nitrogens with two attached hydrogens (primary N) is 1. The molecule has 0 radical (unpaired) electrons. The van der Waals surface area contributed by atoms with Crippen molar-refractivity contribution in [2.75, 3.05) is 6.54 Å². The number of hydrogen-bond acceptors (Lipinski definition) is 2. The Bertz CT molecular complexity index is 268. The molecule has 3 heteroatoms. The zero-order valence-electron chi connectivity index (χ0n) is 6.59. The molecule has 0 bridgehead atoms. The van der Waals surface area contributed by atoms with E-state index < -0.39 is 0 Å². The normalized spacial score (nSPS) is 9.83. The molecular formula is C9H10ClNO. The lowest BCUT2D eigenvalue weighted by Gasteiger charge is -1.97. The predicted octanol–water partition coefficient (Wildman–Crippen LogP) is 1.87. The monoisotopic (exact) mass is 183 g/mol. The van der Waals surface area contributed by atoms with E-state index in [9.17, 15) is 4.79 Å². The highest BCUT2D eigenvalue weighted by molar-refractivity contribution is 6.30. The molecule has 0 amide bonds. The second kappa shape index (κ2) is 4.24. The average molecular weight is 184 g/mol. The van der Waals surface area contributed by atoms with Crippen molar-refractivity contribution in [3.05, 3.63) is 34.9 Å². The summed E-state index contributed by atoms with van der Waals surface area (Å²) < 4.78 is 0. The average Bonchev–Trinajstić information content (AvgIpc) is 2.06. The Hall–Kier alpha value is -0.860. The van der Waals surface area contributed by atoms with Gasteiger partial charge in [0.1, 0.15) is 0 Å². The van der Waals surface area contributed by atoms with Crippen LogP contribution in [-0.4, -0.2) is 12.3 Å². The second-order valence-electron chi connectivity index (χ2n) is 2.47. The van der Waals surface area contributed by atoms with Crippen molar-refractivity contribution in [3.8, 4) is 0 Å². The summed E-state index contributed by atoms with van der Waals surface area (Å²) in [6, 6.07) is 6.82. The minimum absolute atomic E-state index is 0.0640. The number of halogens is 1. The molecule has 0 aromatic heterocycles. The fraction of sp³-hybridized carbons (Fsp3) is 0.222. The molecular weight excluding hydrogens is 174 g/mol. The smallest absolute Gasteiger partial charge is 0.164 e. The van der Waals surface area contributed by atoms with Gasteiger partial charge in [-0.05, 0) is 30.8 Å². The van der Waals surface area contributed by atoms with Crippen LogP contribution in [0.2, 0.25) is 5.02 Å². The number of hydrogen-bond donors (Lipinski definition) is 1. The Morgan fingerprint density at radius 2 is 1.92 bits per heavy atom. The number of carbonyl (C=O) groups is 1. The molecule has 64 valence electrons. The first-order chi connectivity index (χ1) is 5.74. The van der Waals surface area contributed by atoms with Crippen LogP contribution in [-0.2, 0) is 0 Å². The molecule has 1 aromatic carbocycles. The number of Topliss-reactive ketones (excluding diaryl/α,β-unsaturated/α-hetero) is 1. The van der Waals surface area contributed by atoms with E-state index in [-0.39, 0.29) is 5.78 Å². The van der Waals surface area contributed by atoms with E-state index in [1.165, 1.54) is 0 Å². The number of ketones is 1. The molecule has 0 spiro atoms. The van der Waals surface area contributed by atoms with Crippen LogP contribution >= 0.6 is 11.6 Å². The van der Waals surface area contributed by atoms with Gasteiger partial charge >= 0.3 is 0 Å². The van der Waals surface area contributed by atoms with E-state index in [0.717, 1.165) is 0 Å². The van der Waals surface area contributed by atoms with E-state index in [4.69, 9.17) is 17.3 Å². The van der Waals surface area contributed by atoms with E-state index in [0.29, 0.717) is 23.6 Å². The van der Waals surface area contributed by atoms with Gasteiger partial charge in [-0.15, -0.1) is 0 Å². The maximum Gasteiger partial charge on any atom is 0.164 e. The second-order valence-corrected chi connectivity index (χ2v) is 2.91. The van der Waals surface area contributed by atoms with Gasteiger partial charge in [-0.25, -0.2) is 0 Å². The van der Waals surface area contributed by atoms with Crippen molar-refractivity contribution in [1.82, 2.24) is 0 Å². The molecule has 0 saturated carbocycles. The van der Waals surface area contributed by atoms with Crippen molar-refractivity contribution in [2.45, 2.75) is 6.42 Å². The molecule has 12 heavy (non-hydrogen) atoms. The van der Waals surface area contributed by atoms with Gasteiger partial charge in [-0.3, -0.25) is 4.79 Å². The minimum atomic E-state index is 0.0640. The molecule has 0 aliphatic heterocycles. The van der Waals surface area contributed by atoms with Crippen molar-refractivity contribution in [2.24, 2.45) is 5.73 Å². The van der Waals surface area contributed by atoms with Gasteiger partial charge in [0.05, 0.1) is 0 Å². The van der Waals surface area contributed by atoms with Crippen LogP contribution in [0.1, 0.15) is 16.8 Å². The fourth-order valence-corrected chi connectivity index (χ4v) is 1.04. The molecule has 0 unspecified atom stereocenters. The fourth-order valence-electron chi connectivity index (χ4n) is 0.911. The van der Waals surface area contributed by atoms with Gasteiger partial charge in [0.2, 0.25) is 0 Å². The molecule has 0 atom stereocenters. The van der Waals surface area contributed by atoms with Crippen molar-refractivity contribution in [3.63, 3.8) is 0 Å². The first-order valence-corrected chi connectivity index (χ1v) is 4.10. The molecule has 1 rings (SSSR count). The lowest BCUT2D eigenvalue weighted by Crippen LogP contribution is -2.07. The van der Waals surface area contributed by atoms with Crippen LogP contribution in [0.15, 0.2) is 24.3 Å². The van der Waals surface area contributed by atoms with E-state index in [2.05, 4.69) is 0 Å². The SMILES string of the molecule is NCCC(=O)c1ccc(Cl)cc1. The molecule has 0 heterocycles. The Morgan fingerprint density at radius 3 is 2.42 bits per heavy atom. The summed E-state index contributed by atoms with van der Waals surface area (Å²) >= 11 is 5.66. The highest BCUT2D eigenvalue weighted by atomic mass is 35.5. The zero-order chi connectivity index (χ0) is 8.97. The quantitative estimate of drug-likeness (QED) is 0.728. The lowest BCUT2D eigenvalue weighted by molar-refractivity contribution is 0.0985. The third-order valence-electron chi connectivity index (χ3n) is 1.54. The summed E-state index contributed by atoms with van der Waals surface area (Å²) in [5, 5.41) is 0.638. The van der Waals surface area contributed by atoms with Gasteiger partial charge < -0.3 is 5.73 Å². The summed E-state index contributed by atoms with van der Waals surface area (Å²) in [6.07, 6.45) is 0.391. The van der Waals surface area contributed by atoms with Crippen LogP contribution in [0.4, 0.5) is 0 Å². The Kier molecular flexibility index (Phi) is 3.26. The van der Waals surface area contributed by atoms with Gasteiger partial charge in [-0.1, -0.05) is 11.6 Å². The van der Waals surface area contributed by atoms with Gasteiger partial charge in [0.25, 0.3) is 0 Å². The van der Waals surface area contributed by atoms with Crippen molar-refractivity contribution in [1.29, 1.82) is 0 Å². The molecule has 1 aromatic rings. The largest absolute Gasteiger partial charge is 0.330 e. The molecule has 0 aliphatic rings. The van der Waals surface area contributed by atoms with Gasteiger partial charge in [0.15, 0.2) is 5.78 Å². The van der Waals surface area contributed by atoms with E-state index in [1.807, 2.05) is 0 Å². The third-order valence-corrected chi connectivity index (χ3v) is 1.79. The van der Waals surface area contributed by atoms with Gasteiger partial charge in [0, 0.05) is 17.0 Å². The highest BCUT2D eigenvalue weighted by Crippen LogP contribution is 2.10. The summed E-state index contributed by atoms with van der Waals surface area (Å²) in [4.78, 5) is 11.2. The molecule has 2 nitrogen and oxygen atoms in total. The number of benzene rings is 1. The third kappa shape index (κ3) is 2.32. The predicted molar refractivity (Wildman–Crippen MR) is 49.5 cm³/mol. The molecule has 2 N–H and O–H groups in total. The van der Waals surface area contributed by atoms with E-state index in [1.54, 1.807) is 24.3 Å². The van der Waals surface area contributed by atoms with Crippen LogP contribution in [0.25, 0.3) is 0 Å². The minimum Gasteiger partial charge on any atom is -0.330 e. The highest BCUT2D eigenvalue weighted by Gasteiger charge is 2.02. The van der Waals surface area contributed by atoms with Gasteiger partial charge in [-0.2, -0.15) is 0 Å². The Balaban J connectivity index is 2.75. The zero-order valence-corrected chi connectivity index (χ0v) is 7.34. The van der Waals surface area contributed by atoms with Crippen LogP contribution < -0.4 is 5.73 Å². The van der Waals surface area contributed by atoms with E-state index >= 15 is 0 Å². The van der Waals surface area contributed by atoms with Crippen molar-refractivity contribution >= 4 is 17.4 Å². The molecule has 0 aliphatic carbocycles. The number of carbonyl (C=O) groups excluding carboxylic acids is 1. The first kappa shape index (κ1) is 9.23. The Morgan fingerprint density at radius 1 is 1.33 bits per heavy atom. The topological polar surface area (TPSA) is 43.1 Å². The maximum absolute atomic E-state index is 11.2. The summed E-state index contributed by atoms with van der Waals surface area (Å²) in [7, 11) is 0. The molecule has 0 fully saturated rings. The lowest BCUT2D eigenvalue weighted by atomic mass is 10.1. The number of rotatable bonds is 3. The van der Waals surface area contributed by atoms with Crippen LogP contribution in [0, 0.1) is 0 Å². The summed E-state index contributed by atoms with van der Waals surface area (Å²) in [5.41, 5.74) is 5.92. The standard InChI is InChI=1S/C9H10ClNO/c10-8-3-1-7(2-4-8)9(12)5-6-11/h1-4H,5-6,11H2. The summed E-state index contributed by atoms with van der Waals surface area (Å²) in [5.74, 6) is 0.0640. The summed E-state index contributed by atoms with van der Waals surface area (Å²) in [6.45, 7) is 0.390. The first-order valence-electron chi connectivity index (χ1n) is 3.73. The molecule has 0 saturated heterocycles. The van der Waals surface area contributed by atoms with Crippen LogP contribution in [0.5, 0.6) is 0 Å².